The molecule has 8 aromatic rings. The zero-order chi connectivity index (χ0) is 37.1. The summed E-state index contributed by atoms with van der Waals surface area (Å²) in [7, 11) is 0. The maximum Gasteiger partial charge on any atom is 0.0540 e. The summed E-state index contributed by atoms with van der Waals surface area (Å²) in [5, 5.41) is 2.46. The van der Waals surface area contributed by atoms with Gasteiger partial charge in [-0.05, 0) is 149 Å². The van der Waals surface area contributed by atoms with Gasteiger partial charge >= 0.3 is 0 Å². The molecule has 2 heteroatoms. The summed E-state index contributed by atoms with van der Waals surface area (Å²) in [5.74, 6) is 2.92. The van der Waals surface area contributed by atoms with E-state index in [0.717, 1.165) is 46.2 Å². The predicted molar refractivity (Wildman–Crippen MR) is 235 cm³/mol. The number of anilines is 6. The van der Waals surface area contributed by atoms with E-state index in [2.05, 4.69) is 210 Å². The van der Waals surface area contributed by atoms with E-state index in [0.29, 0.717) is 5.41 Å². The van der Waals surface area contributed by atoms with Crippen LogP contribution in [0, 0.1) is 17.8 Å². The Bertz CT molecular complexity index is 2570. The van der Waals surface area contributed by atoms with E-state index in [4.69, 9.17) is 0 Å². The highest BCUT2D eigenvalue weighted by atomic mass is 15.1. The number of fused-ring (bicyclic) bond motifs is 1. The first-order valence-electron chi connectivity index (χ1n) is 20.3. The van der Waals surface area contributed by atoms with Gasteiger partial charge in [0.25, 0.3) is 0 Å². The topological polar surface area (TPSA) is 6.48 Å². The molecule has 12 rings (SSSR count). The van der Waals surface area contributed by atoms with Gasteiger partial charge in [0, 0.05) is 33.8 Å². The fraction of sp³-hybridized carbons (Fsp3) is 0.148. The first-order chi connectivity index (χ1) is 27.7. The molecule has 0 spiro atoms. The van der Waals surface area contributed by atoms with Gasteiger partial charge in [-0.2, -0.15) is 0 Å². The molecule has 4 fully saturated rings. The molecule has 270 valence electrons. The molecule has 8 aromatic carbocycles. The number of hydrogen-bond acceptors (Lipinski definition) is 2. The number of benzene rings is 8. The smallest absolute Gasteiger partial charge is 0.0540 e. The molecule has 2 unspecified atom stereocenters. The van der Waals surface area contributed by atoms with Crippen LogP contribution in [0.15, 0.2) is 200 Å². The van der Waals surface area contributed by atoms with Crippen LogP contribution in [-0.2, 0) is 5.41 Å². The van der Waals surface area contributed by atoms with E-state index in [-0.39, 0.29) is 0 Å². The van der Waals surface area contributed by atoms with Crippen LogP contribution in [0.5, 0.6) is 0 Å². The SMILES string of the molecule is c1ccc(N(c2ccccc2)c2ccc(-c3ccc(N(c4ccc(-c5ccc(C67CC8CC6CC8C7)cc5)cc4)c4cccc5ccccc45)cc3)cc2)cc1. The normalized spacial score (nSPS) is 20.5. The van der Waals surface area contributed by atoms with Crippen molar-refractivity contribution < 1.29 is 0 Å². The fourth-order valence-electron chi connectivity index (χ4n) is 10.8. The Morgan fingerprint density at radius 1 is 0.357 bits per heavy atom. The van der Waals surface area contributed by atoms with Gasteiger partial charge in [-0.25, -0.2) is 0 Å². The first-order valence-corrected chi connectivity index (χ1v) is 20.3. The van der Waals surface area contributed by atoms with Gasteiger partial charge in [-0.3, -0.25) is 0 Å². The van der Waals surface area contributed by atoms with Crippen LogP contribution >= 0.6 is 0 Å². The maximum atomic E-state index is 2.45. The number of rotatable bonds is 9. The van der Waals surface area contributed by atoms with Crippen molar-refractivity contribution in [3.8, 4) is 22.3 Å². The maximum absolute atomic E-state index is 2.45. The third-order valence-electron chi connectivity index (χ3n) is 13.4. The molecule has 4 saturated carbocycles. The molecule has 2 atom stereocenters. The van der Waals surface area contributed by atoms with Crippen LogP contribution in [0.2, 0.25) is 0 Å². The van der Waals surface area contributed by atoms with E-state index in [1.165, 1.54) is 64.4 Å². The quantitative estimate of drug-likeness (QED) is 0.146. The second-order valence-electron chi connectivity index (χ2n) is 16.3. The van der Waals surface area contributed by atoms with Gasteiger partial charge in [-0.15, -0.1) is 0 Å². The van der Waals surface area contributed by atoms with E-state index >= 15 is 0 Å². The summed E-state index contributed by atoms with van der Waals surface area (Å²) in [6.45, 7) is 0. The van der Waals surface area contributed by atoms with Crippen molar-refractivity contribution in [3.05, 3.63) is 206 Å². The third-order valence-corrected chi connectivity index (χ3v) is 13.4. The van der Waals surface area contributed by atoms with E-state index in [9.17, 15) is 0 Å². The largest absolute Gasteiger partial charge is 0.311 e. The molecule has 56 heavy (non-hydrogen) atoms. The van der Waals surface area contributed by atoms with Crippen LogP contribution in [0.1, 0.15) is 31.2 Å². The highest BCUT2D eigenvalue weighted by Gasteiger charge is 2.63. The average molecular weight is 721 g/mol. The van der Waals surface area contributed by atoms with Gasteiger partial charge in [0.15, 0.2) is 0 Å². The van der Waals surface area contributed by atoms with E-state index in [1.807, 2.05) is 0 Å². The lowest BCUT2D eigenvalue weighted by atomic mass is 9.74. The summed E-state index contributed by atoms with van der Waals surface area (Å²) < 4.78 is 0. The highest BCUT2D eigenvalue weighted by molar-refractivity contribution is 5.99. The zero-order valence-electron chi connectivity index (χ0n) is 31.5. The van der Waals surface area contributed by atoms with Crippen LogP contribution in [0.3, 0.4) is 0 Å². The molecule has 0 saturated heterocycles. The zero-order valence-corrected chi connectivity index (χ0v) is 31.5. The minimum absolute atomic E-state index is 0.474. The second kappa shape index (κ2) is 13.4. The summed E-state index contributed by atoms with van der Waals surface area (Å²) in [6.07, 6.45) is 5.80. The van der Waals surface area contributed by atoms with Gasteiger partial charge in [0.1, 0.15) is 0 Å². The molecule has 4 aliphatic carbocycles. The van der Waals surface area contributed by atoms with Crippen LogP contribution in [0.4, 0.5) is 34.1 Å². The Morgan fingerprint density at radius 3 is 1.25 bits per heavy atom. The molecular weight excluding hydrogens is 677 g/mol. The minimum atomic E-state index is 0.474. The van der Waals surface area contributed by atoms with Crippen molar-refractivity contribution in [1.29, 1.82) is 0 Å². The highest BCUT2D eigenvalue weighted by Crippen LogP contribution is 2.70. The van der Waals surface area contributed by atoms with Gasteiger partial charge in [0.2, 0.25) is 0 Å². The van der Waals surface area contributed by atoms with Crippen molar-refractivity contribution in [2.24, 2.45) is 17.8 Å². The number of para-hydroxylation sites is 2. The minimum Gasteiger partial charge on any atom is -0.311 e. The van der Waals surface area contributed by atoms with E-state index < -0.39 is 0 Å². The lowest BCUT2D eigenvalue weighted by Gasteiger charge is -2.30. The molecule has 0 N–H and O–H groups in total. The summed E-state index contributed by atoms with van der Waals surface area (Å²) in [6, 6.07) is 73.2. The Balaban J connectivity index is 0.904. The molecule has 0 aromatic heterocycles. The Morgan fingerprint density at radius 2 is 0.768 bits per heavy atom. The van der Waals surface area contributed by atoms with Crippen molar-refractivity contribution >= 4 is 44.9 Å². The van der Waals surface area contributed by atoms with Gasteiger partial charge in [-0.1, -0.05) is 133 Å². The Kier molecular flexibility index (Phi) is 7.91. The van der Waals surface area contributed by atoms with Crippen molar-refractivity contribution in [3.63, 3.8) is 0 Å². The lowest BCUT2D eigenvalue weighted by Crippen LogP contribution is -2.24. The van der Waals surface area contributed by atoms with Gasteiger partial charge in [0.05, 0.1) is 5.69 Å². The Labute approximate surface area is 330 Å². The summed E-state index contributed by atoms with van der Waals surface area (Å²) >= 11 is 0. The first kappa shape index (κ1) is 33.0. The predicted octanol–water partition coefficient (Wildman–Crippen LogP) is 14.8. The molecule has 0 heterocycles. The van der Waals surface area contributed by atoms with Crippen LogP contribution in [0.25, 0.3) is 33.0 Å². The molecule has 0 radical (unpaired) electrons. The molecular formula is C54H44N2. The molecule has 4 bridgehead atoms. The number of nitrogens with zero attached hydrogens (tertiary/aromatic N) is 2. The molecule has 0 amide bonds. The number of hydrogen-bond donors (Lipinski definition) is 0. The molecule has 0 aliphatic heterocycles. The van der Waals surface area contributed by atoms with Crippen LogP contribution < -0.4 is 9.80 Å². The fourth-order valence-corrected chi connectivity index (χ4v) is 10.8. The van der Waals surface area contributed by atoms with E-state index in [1.54, 1.807) is 5.56 Å². The van der Waals surface area contributed by atoms with Crippen molar-refractivity contribution in [2.75, 3.05) is 9.80 Å². The lowest BCUT2D eigenvalue weighted by molar-refractivity contribution is 0.371. The summed E-state index contributed by atoms with van der Waals surface area (Å²) in [5.41, 5.74) is 13.8. The monoisotopic (exact) mass is 720 g/mol. The third kappa shape index (κ3) is 5.55. The Hall–Kier alpha value is -6.38. The average Bonchev–Trinajstić information content (AvgIpc) is 4.04. The summed E-state index contributed by atoms with van der Waals surface area (Å²) in [4.78, 5) is 4.71. The van der Waals surface area contributed by atoms with Crippen LogP contribution in [-0.4, -0.2) is 0 Å². The van der Waals surface area contributed by atoms with Crippen molar-refractivity contribution in [1.82, 2.24) is 0 Å². The standard InChI is InChI=1S/C54H44N2/c1-3-12-47(13-4-1)55(48-14-5-2-6-15-48)49-28-20-40(21-29-49)41-24-32-51(33-25-41)56(53-17-9-11-42-10-7-8-16-52(42)53)50-30-22-39(23-31-50)38-18-26-45(27-19-38)54-36-43-34-46(54)35-44(43)37-54/h1-33,43-44,46H,34-37H2. The molecule has 4 aliphatic rings. The van der Waals surface area contributed by atoms with Crippen molar-refractivity contribution in [2.45, 2.75) is 31.1 Å². The van der Waals surface area contributed by atoms with Gasteiger partial charge < -0.3 is 9.80 Å². The molecule has 2 nitrogen and oxygen atoms in total. The second-order valence-corrected chi connectivity index (χ2v) is 16.3.